The van der Waals surface area contributed by atoms with Crippen LogP contribution in [-0.4, -0.2) is 5.91 Å². The molecule has 0 aliphatic carbocycles. The van der Waals surface area contributed by atoms with Gasteiger partial charge in [-0.15, -0.1) is 0 Å². The lowest BCUT2D eigenvalue weighted by atomic mass is 9.79. The molecule has 0 aliphatic heterocycles. The fraction of sp³-hybridized carbons (Fsp3) is 0.971. The van der Waals surface area contributed by atoms with E-state index in [0.717, 1.165) is 25.7 Å². The summed E-state index contributed by atoms with van der Waals surface area (Å²) in [6.45, 7) is 6.70. The maximum absolute atomic E-state index is 12.2. The van der Waals surface area contributed by atoms with Crippen molar-refractivity contribution in [2.24, 2.45) is 11.1 Å². The summed E-state index contributed by atoms with van der Waals surface area (Å²) < 4.78 is 0. The zero-order chi connectivity index (χ0) is 27.3. The van der Waals surface area contributed by atoms with Gasteiger partial charge in [-0.25, -0.2) is 0 Å². The Morgan fingerprint density at radius 3 is 0.784 bits per heavy atom. The summed E-state index contributed by atoms with van der Waals surface area (Å²) in [5.74, 6) is -0.0723. The molecule has 0 saturated carbocycles. The quantitative estimate of drug-likeness (QED) is 0.0905. The second-order valence-electron chi connectivity index (χ2n) is 12.6. The molecular formula is C35H71NO. The van der Waals surface area contributed by atoms with Gasteiger partial charge >= 0.3 is 0 Å². The molecule has 0 saturated heterocycles. The van der Waals surface area contributed by atoms with Crippen molar-refractivity contribution < 1.29 is 4.79 Å². The lowest BCUT2D eigenvalue weighted by molar-refractivity contribution is -0.127. The van der Waals surface area contributed by atoms with Crippen LogP contribution in [0.1, 0.15) is 213 Å². The number of carbonyl (C=O) groups excluding carboxylic acids is 1. The highest BCUT2D eigenvalue weighted by Crippen LogP contribution is 2.31. The zero-order valence-corrected chi connectivity index (χ0v) is 26.2. The Balaban J connectivity index is 3.55. The molecule has 0 aromatic heterocycles. The van der Waals surface area contributed by atoms with Crippen LogP contribution in [0.5, 0.6) is 0 Å². The van der Waals surface area contributed by atoms with E-state index in [4.69, 9.17) is 5.73 Å². The monoisotopic (exact) mass is 522 g/mol. The van der Waals surface area contributed by atoms with Crippen molar-refractivity contribution in [1.82, 2.24) is 0 Å². The van der Waals surface area contributed by atoms with Gasteiger partial charge in [-0.1, -0.05) is 201 Å². The first-order chi connectivity index (χ1) is 18.1. The van der Waals surface area contributed by atoms with Crippen LogP contribution in [0.3, 0.4) is 0 Å². The standard InChI is InChI=1S/C35H71NO/c1-4-6-8-10-12-14-16-18-20-22-24-26-28-30-32-35(3,34(36)37)33-31-29-27-25-23-21-19-17-15-13-11-9-7-5-2/h4-33H2,1-3H3,(H2,36,37). The van der Waals surface area contributed by atoms with Crippen molar-refractivity contribution in [2.45, 2.75) is 213 Å². The Bertz CT molecular complexity index is 428. The Hall–Kier alpha value is -0.530. The summed E-state index contributed by atoms with van der Waals surface area (Å²) >= 11 is 0. The van der Waals surface area contributed by atoms with Gasteiger partial charge in [0, 0.05) is 5.41 Å². The summed E-state index contributed by atoms with van der Waals surface area (Å²) in [6, 6.07) is 0. The van der Waals surface area contributed by atoms with Crippen LogP contribution in [0.4, 0.5) is 0 Å². The molecule has 2 N–H and O–H groups in total. The van der Waals surface area contributed by atoms with E-state index in [1.54, 1.807) is 0 Å². The van der Waals surface area contributed by atoms with Gasteiger partial charge < -0.3 is 5.73 Å². The molecule has 222 valence electrons. The Kier molecular flexibility index (Phi) is 28.1. The maximum atomic E-state index is 12.2. The number of carbonyl (C=O) groups is 1. The van der Waals surface area contributed by atoms with E-state index in [1.807, 2.05) is 0 Å². The predicted octanol–water partition coefficient (Wildman–Crippen LogP) is 12.2. The first kappa shape index (κ1) is 36.5. The number of rotatable bonds is 31. The second kappa shape index (κ2) is 28.5. The van der Waals surface area contributed by atoms with Gasteiger partial charge in [-0.2, -0.15) is 0 Å². The fourth-order valence-electron chi connectivity index (χ4n) is 5.79. The summed E-state index contributed by atoms with van der Waals surface area (Å²) in [6.07, 6.45) is 40.6. The molecule has 0 radical (unpaired) electrons. The summed E-state index contributed by atoms with van der Waals surface area (Å²) in [5, 5.41) is 0. The normalized spacial score (nSPS) is 11.9. The van der Waals surface area contributed by atoms with E-state index in [0.29, 0.717) is 0 Å². The number of nitrogens with two attached hydrogens (primary N) is 1. The van der Waals surface area contributed by atoms with Crippen molar-refractivity contribution in [3.8, 4) is 0 Å². The molecule has 0 unspecified atom stereocenters. The van der Waals surface area contributed by atoms with Crippen molar-refractivity contribution in [2.75, 3.05) is 0 Å². The number of unbranched alkanes of at least 4 members (excludes halogenated alkanes) is 26. The predicted molar refractivity (Wildman–Crippen MR) is 167 cm³/mol. The van der Waals surface area contributed by atoms with E-state index in [2.05, 4.69) is 20.8 Å². The van der Waals surface area contributed by atoms with Crippen LogP contribution in [0, 0.1) is 5.41 Å². The summed E-state index contributed by atoms with van der Waals surface area (Å²) in [5.41, 5.74) is 5.56. The number of hydrogen-bond donors (Lipinski definition) is 1. The molecule has 1 amide bonds. The Morgan fingerprint density at radius 2 is 0.595 bits per heavy atom. The van der Waals surface area contributed by atoms with E-state index in [9.17, 15) is 4.79 Å². The minimum atomic E-state index is -0.283. The van der Waals surface area contributed by atoms with Gasteiger partial charge in [0.2, 0.25) is 5.91 Å². The van der Waals surface area contributed by atoms with Gasteiger partial charge in [0.05, 0.1) is 0 Å². The van der Waals surface area contributed by atoms with Crippen molar-refractivity contribution in [3.63, 3.8) is 0 Å². The highest BCUT2D eigenvalue weighted by molar-refractivity contribution is 5.80. The summed E-state index contributed by atoms with van der Waals surface area (Å²) in [4.78, 5) is 12.2. The third-order valence-electron chi connectivity index (χ3n) is 8.76. The van der Waals surface area contributed by atoms with E-state index in [-0.39, 0.29) is 11.3 Å². The van der Waals surface area contributed by atoms with Gasteiger partial charge in [0.1, 0.15) is 0 Å². The topological polar surface area (TPSA) is 43.1 Å². The molecule has 0 aromatic carbocycles. The average Bonchev–Trinajstić information content (AvgIpc) is 2.89. The molecule has 0 aromatic rings. The molecule has 0 spiro atoms. The SMILES string of the molecule is CCCCCCCCCCCCCCCCC(C)(CCCCCCCCCCCCCCCC)C(N)=O. The highest BCUT2D eigenvalue weighted by Gasteiger charge is 2.29. The van der Waals surface area contributed by atoms with Gasteiger partial charge in [0.25, 0.3) is 0 Å². The first-order valence-electron chi connectivity index (χ1n) is 17.4. The van der Waals surface area contributed by atoms with Crippen LogP contribution in [0.15, 0.2) is 0 Å². The van der Waals surface area contributed by atoms with E-state index in [1.165, 1.54) is 167 Å². The molecule has 0 rings (SSSR count). The van der Waals surface area contributed by atoms with Crippen LogP contribution >= 0.6 is 0 Å². The summed E-state index contributed by atoms with van der Waals surface area (Å²) in [7, 11) is 0. The zero-order valence-electron chi connectivity index (χ0n) is 26.2. The average molecular weight is 522 g/mol. The van der Waals surface area contributed by atoms with Crippen molar-refractivity contribution in [3.05, 3.63) is 0 Å². The van der Waals surface area contributed by atoms with E-state index >= 15 is 0 Å². The van der Waals surface area contributed by atoms with Crippen LogP contribution in [-0.2, 0) is 4.79 Å². The van der Waals surface area contributed by atoms with Crippen molar-refractivity contribution in [1.29, 1.82) is 0 Å². The molecule has 0 atom stereocenters. The van der Waals surface area contributed by atoms with Crippen LogP contribution < -0.4 is 5.73 Å². The number of hydrogen-bond acceptors (Lipinski definition) is 1. The highest BCUT2D eigenvalue weighted by atomic mass is 16.1. The number of amides is 1. The van der Waals surface area contributed by atoms with Gasteiger partial charge in [0.15, 0.2) is 0 Å². The van der Waals surface area contributed by atoms with Crippen LogP contribution in [0.2, 0.25) is 0 Å². The second-order valence-corrected chi connectivity index (χ2v) is 12.6. The molecule has 2 nitrogen and oxygen atoms in total. The number of primary amides is 1. The van der Waals surface area contributed by atoms with E-state index < -0.39 is 0 Å². The minimum absolute atomic E-state index is 0.0723. The van der Waals surface area contributed by atoms with Gasteiger partial charge in [-0.3, -0.25) is 4.79 Å². The largest absolute Gasteiger partial charge is 0.369 e. The third kappa shape index (κ3) is 25.5. The third-order valence-corrected chi connectivity index (χ3v) is 8.76. The lowest BCUT2D eigenvalue weighted by Crippen LogP contribution is -2.34. The van der Waals surface area contributed by atoms with Crippen molar-refractivity contribution >= 4 is 5.91 Å². The maximum Gasteiger partial charge on any atom is 0.223 e. The Labute approximate surface area is 235 Å². The molecule has 2 heteroatoms. The van der Waals surface area contributed by atoms with Crippen LogP contribution in [0.25, 0.3) is 0 Å². The molecular weight excluding hydrogens is 450 g/mol. The molecule has 37 heavy (non-hydrogen) atoms. The molecule has 0 heterocycles. The molecule has 0 aliphatic rings. The lowest BCUT2D eigenvalue weighted by Gasteiger charge is -2.26. The smallest absolute Gasteiger partial charge is 0.223 e. The first-order valence-corrected chi connectivity index (χ1v) is 17.4. The fourth-order valence-corrected chi connectivity index (χ4v) is 5.79. The Morgan fingerprint density at radius 1 is 0.405 bits per heavy atom. The van der Waals surface area contributed by atoms with Gasteiger partial charge in [-0.05, 0) is 12.8 Å². The minimum Gasteiger partial charge on any atom is -0.369 e. The molecule has 0 fully saturated rings. The molecule has 0 bridgehead atoms.